The summed E-state index contributed by atoms with van der Waals surface area (Å²) in [6, 6.07) is 0. The zero-order valence-electron chi connectivity index (χ0n) is 14.2. The maximum atomic E-state index is 12.5. The average molecular weight is 344 g/mol. The second-order valence-electron chi connectivity index (χ2n) is 5.64. The van der Waals surface area contributed by atoms with E-state index in [9.17, 15) is 19.2 Å². The topological polar surface area (TPSA) is 111 Å². The molecule has 1 saturated carbocycles. The van der Waals surface area contributed by atoms with Crippen LogP contribution in [0.4, 0.5) is 0 Å². The fraction of sp³-hybridized carbons (Fsp3) is 0.733. The van der Waals surface area contributed by atoms with Crippen molar-refractivity contribution in [2.45, 2.75) is 32.6 Å². The summed E-state index contributed by atoms with van der Waals surface area (Å²) in [6.07, 6.45) is 2.93. The fourth-order valence-electron chi connectivity index (χ4n) is 2.69. The van der Waals surface area contributed by atoms with Gasteiger partial charge in [-0.25, -0.2) is 10.3 Å². The number of amides is 2. The first-order valence-corrected chi connectivity index (χ1v) is 7.73. The lowest BCUT2D eigenvalue weighted by molar-refractivity contribution is -0.167. The molecule has 0 aliphatic heterocycles. The minimum absolute atomic E-state index is 0.233. The minimum atomic E-state index is -0.566. The van der Waals surface area contributed by atoms with Gasteiger partial charge in [0.25, 0.3) is 5.91 Å². The molecule has 2 amide bonds. The molecule has 0 radical (unpaired) electrons. The van der Waals surface area contributed by atoms with Crippen molar-refractivity contribution in [2.24, 2.45) is 11.8 Å². The smallest absolute Gasteiger partial charge is 0.309 e. The highest BCUT2D eigenvalue weighted by molar-refractivity contribution is 5.88. The molecule has 2 atom stereocenters. The van der Waals surface area contributed by atoms with Crippen LogP contribution in [0, 0.1) is 11.8 Å². The van der Waals surface area contributed by atoms with Gasteiger partial charge in [-0.2, -0.15) is 0 Å². The molecule has 1 aliphatic carbocycles. The molecular weight excluding hydrogens is 320 g/mol. The summed E-state index contributed by atoms with van der Waals surface area (Å²) in [6.45, 7) is 0.564. The Hall–Kier alpha value is -2.16. The molecule has 1 aliphatic rings. The van der Waals surface area contributed by atoms with Crippen molar-refractivity contribution >= 4 is 23.8 Å². The SMILES string of the molecule is COC(=O)[C@@H]1CCCC[C@@H]1C(=O)N(C)CC(=O)NOCOC(C)=O. The van der Waals surface area contributed by atoms with E-state index < -0.39 is 36.5 Å². The lowest BCUT2D eigenvalue weighted by Crippen LogP contribution is -2.45. The highest BCUT2D eigenvalue weighted by atomic mass is 16.8. The maximum absolute atomic E-state index is 12.5. The Balaban J connectivity index is 2.48. The van der Waals surface area contributed by atoms with Crippen LogP contribution in [0.5, 0.6) is 0 Å². The predicted octanol–water partition coefficient (Wildman–Crippen LogP) is -0.00740. The number of hydroxylamine groups is 1. The molecule has 0 unspecified atom stereocenters. The first-order chi connectivity index (χ1) is 11.4. The van der Waals surface area contributed by atoms with Gasteiger partial charge in [0.1, 0.15) is 6.54 Å². The van der Waals surface area contributed by atoms with Crippen LogP contribution in [0.25, 0.3) is 0 Å². The number of nitrogens with one attached hydrogen (secondary N) is 1. The molecule has 0 aromatic rings. The number of nitrogens with zero attached hydrogens (tertiary/aromatic N) is 1. The van der Waals surface area contributed by atoms with Gasteiger partial charge in [0, 0.05) is 14.0 Å². The number of likely N-dealkylation sites (N-methyl/N-ethyl adjacent to an activating group) is 1. The molecule has 0 saturated heterocycles. The number of ether oxygens (including phenoxy) is 2. The van der Waals surface area contributed by atoms with E-state index in [-0.39, 0.29) is 12.5 Å². The Morgan fingerprint density at radius 1 is 1.12 bits per heavy atom. The van der Waals surface area contributed by atoms with Gasteiger partial charge in [0.2, 0.25) is 12.7 Å². The second-order valence-corrected chi connectivity index (χ2v) is 5.64. The largest absolute Gasteiger partial charge is 0.469 e. The lowest BCUT2D eigenvalue weighted by Gasteiger charge is -2.31. The van der Waals surface area contributed by atoms with Crippen LogP contribution in [0.15, 0.2) is 0 Å². The number of hydrogen-bond donors (Lipinski definition) is 1. The third kappa shape index (κ3) is 6.15. The molecule has 0 bridgehead atoms. The summed E-state index contributed by atoms with van der Waals surface area (Å²) in [5.41, 5.74) is 2.07. The Morgan fingerprint density at radius 3 is 2.33 bits per heavy atom. The first kappa shape index (κ1) is 19.9. The molecule has 1 N–H and O–H groups in total. The van der Waals surface area contributed by atoms with Crippen molar-refractivity contribution in [3.8, 4) is 0 Å². The normalized spacial score (nSPS) is 20.0. The minimum Gasteiger partial charge on any atom is -0.469 e. The van der Waals surface area contributed by atoms with Crippen molar-refractivity contribution in [2.75, 3.05) is 27.5 Å². The standard InChI is InChI=1S/C15H24N2O7/c1-10(18)23-9-24-16-13(19)8-17(2)14(20)11-6-4-5-7-12(11)15(21)22-3/h11-12H,4-9H2,1-3H3,(H,16,19)/t11-,12+/m0/s1. The average Bonchev–Trinajstić information content (AvgIpc) is 2.57. The summed E-state index contributed by atoms with van der Waals surface area (Å²) < 4.78 is 9.25. The Labute approximate surface area is 140 Å². The molecule has 24 heavy (non-hydrogen) atoms. The summed E-state index contributed by atoms with van der Waals surface area (Å²) in [4.78, 5) is 52.5. The van der Waals surface area contributed by atoms with Crippen LogP contribution < -0.4 is 5.48 Å². The van der Waals surface area contributed by atoms with Crippen molar-refractivity contribution in [1.82, 2.24) is 10.4 Å². The summed E-state index contributed by atoms with van der Waals surface area (Å²) in [5, 5.41) is 0. The van der Waals surface area contributed by atoms with Gasteiger partial charge >= 0.3 is 11.9 Å². The third-order valence-electron chi connectivity index (χ3n) is 3.85. The van der Waals surface area contributed by atoms with Gasteiger partial charge < -0.3 is 14.4 Å². The fourth-order valence-corrected chi connectivity index (χ4v) is 2.69. The van der Waals surface area contributed by atoms with E-state index >= 15 is 0 Å². The van der Waals surface area contributed by atoms with Crippen LogP contribution in [0.1, 0.15) is 32.6 Å². The Bertz CT molecular complexity index is 480. The van der Waals surface area contributed by atoms with Crippen LogP contribution in [-0.4, -0.2) is 56.1 Å². The highest BCUT2D eigenvalue weighted by Crippen LogP contribution is 2.32. The van der Waals surface area contributed by atoms with E-state index in [0.29, 0.717) is 12.8 Å². The third-order valence-corrected chi connectivity index (χ3v) is 3.85. The van der Waals surface area contributed by atoms with Gasteiger partial charge in [-0.05, 0) is 12.8 Å². The van der Waals surface area contributed by atoms with Crippen LogP contribution in [-0.2, 0) is 33.5 Å². The molecule has 1 fully saturated rings. The number of rotatable bonds is 7. The van der Waals surface area contributed by atoms with Crippen molar-refractivity contribution in [3.63, 3.8) is 0 Å². The summed E-state index contributed by atoms with van der Waals surface area (Å²) in [7, 11) is 2.78. The zero-order chi connectivity index (χ0) is 18.1. The van der Waals surface area contributed by atoms with Crippen LogP contribution in [0.2, 0.25) is 0 Å². The van der Waals surface area contributed by atoms with Crippen LogP contribution >= 0.6 is 0 Å². The second kappa shape index (κ2) is 9.86. The highest BCUT2D eigenvalue weighted by Gasteiger charge is 2.38. The van der Waals surface area contributed by atoms with Gasteiger partial charge in [0.15, 0.2) is 0 Å². The molecule has 0 aromatic heterocycles. The van der Waals surface area contributed by atoms with E-state index in [2.05, 4.69) is 15.1 Å². The first-order valence-electron chi connectivity index (χ1n) is 7.73. The number of hydrogen-bond acceptors (Lipinski definition) is 7. The van der Waals surface area contributed by atoms with Gasteiger partial charge in [0.05, 0.1) is 18.9 Å². The monoisotopic (exact) mass is 344 g/mol. The number of carbonyl (C=O) groups is 4. The van der Waals surface area contributed by atoms with E-state index in [1.165, 1.54) is 26.0 Å². The summed E-state index contributed by atoms with van der Waals surface area (Å²) >= 11 is 0. The molecule has 0 spiro atoms. The molecule has 9 nitrogen and oxygen atoms in total. The van der Waals surface area contributed by atoms with E-state index in [4.69, 9.17) is 4.74 Å². The molecule has 0 aromatic carbocycles. The maximum Gasteiger partial charge on any atom is 0.309 e. The van der Waals surface area contributed by atoms with E-state index in [1.807, 2.05) is 0 Å². The molecule has 9 heteroatoms. The number of methoxy groups -OCH3 is 1. The van der Waals surface area contributed by atoms with E-state index in [0.717, 1.165) is 12.8 Å². The van der Waals surface area contributed by atoms with Crippen molar-refractivity contribution < 1.29 is 33.5 Å². The summed E-state index contributed by atoms with van der Waals surface area (Å²) in [5.74, 6) is -2.73. The molecule has 0 heterocycles. The van der Waals surface area contributed by atoms with Crippen molar-refractivity contribution in [1.29, 1.82) is 0 Å². The molecular formula is C15H24N2O7. The van der Waals surface area contributed by atoms with Crippen molar-refractivity contribution in [3.05, 3.63) is 0 Å². The Kier molecular flexibility index (Phi) is 8.17. The van der Waals surface area contributed by atoms with Gasteiger partial charge in [-0.3, -0.25) is 19.2 Å². The zero-order valence-corrected chi connectivity index (χ0v) is 14.2. The number of carbonyl (C=O) groups excluding carboxylic acids is 4. The molecule has 1 rings (SSSR count). The Morgan fingerprint density at radius 2 is 1.75 bits per heavy atom. The lowest BCUT2D eigenvalue weighted by atomic mass is 9.78. The quantitative estimate of drug-likeness (QED) is 0.299. The van der Waals surface area contributed by atoms with Crippen LogP contribution in [0.3, 0.4) is 0 Å². The van der Waals surface area contributed by atoms with Gasteiger partial charge in [-0.1, -0.05) is 12.8 Å². The van der Waals surface area contributed by atoms with Gasteiger partial charge in [-0.15, -0.1) is 0 Å². The predicted molar refractivity (Wildman–Crippen MR) is 81.0 cm³/mol. The van der Waals surface area contributed by atoms with E-state index in [1.54, 1.807) is 0 Å². The number of esters is 2. The molecule has 136 valence electrons.